The standard InChI is InChI=1S/C13H15F2N3O3/c1-13(14,15)12(20)17-8-6-9(19)18-11(8)7-3-4-16-10(5-7)21-2/h3-5,8,11H,6H2,1-2H3,(H,17,20)(H,18,19). The minimum atomic E-state index is -3.49. The van der Waals surface area contributed by atoms with E-state index in [9.17, 15) is 18.4 Å². The van der Waals surface area contributed by atoms with Gasteiger partial charge in [0, 0.05) is 25.6 Å². The second kappa shape index (κ2) is 5.63. The Bertz CT molecular complexity index is 560. The van der Waals surface area contributed by atoms with E-state index in [4.69, 9.17) is 4.74 Å². The van der Waals surface area contributed by atoms with Crippen molar-refractivity contribution in [2.45, 2.75) is 31.4 Å². The fraction of sp³-hybridized carbons (Fsp3) is 0.462. The van der Waals surface area contributed by atoms with Gasteiger partial charge in [0.1, 0.15) is 0 Å². The maximum absolute atomic E-state index is 13.0. The number of halogens is 2. The van der Waals surface area contributed by atoms with E-state index in [2.05, 4.69) is 15.6 Å². The van der Waals surface area contributed by atoms with Crippen LogP contribution in [0.2, 0.25) is 0 Å². The van der Waals surface area contributed by atoms with Crippen molar-refractivity contribution < 1.29 is 23.1 Å². The fourth-order valence-electron chi connectivity index (χ4n) is 2.13. The number of hydrogen-bond donors (Lipinski definition) is 2. The molecule has 114 valence electrons. The van der Waals surface area contributed by atoms with E-state index in [1.807, 2.05) is 0 Å². The van der Waals surface area contributed by atoms with Crippen molar-refractivity contribution in [2.75, 3.05) is 7.11 Å². The number of nitrogens with one attached hydrogen (secondary N) is 2. The number of rotatable bonds is 4. The highest BCUT2D eigenvalue weighted by atomic mass is 19.3. The lowest BCUT2D eigenvalue weighted by molar-refractivity contribution is -0.143. The summed E-state index contributed by atoms with van der Waals surface area (Å²) in [5.74, 6) is -4.89. The van der Waals surface area contributed by atoms with E-state index < -0.39 is 23.9 Å². The van der Waals surface area contributed by atoms with Crippen molar-refractivity contribution in [3.63, 3.8) is 0 Å². The summed E-state index contributed by atoms with van der Waals surface area (Å²) in [6.45, 7) is 0.511. The number of nitrogens with zero attached hydrogens (tertiary/aromatic N) is 1. The van der Waals surface area contributed by atoms with Gasteiger partial charge in [-0.2, -0.15) is 8.78 Å². The molecular formula is C13H15F2N3O3. The monoisotopic (exact) mass is 299 g/mol. The normalized spacial score (nSPS) is 21.8. The van der Waals surface area contributed by atoms with Crippen LogP contribution in [0.15, 0.2) is 18.3 Å². The summed E-state index contributed by atoms with van der Waals surface area (Å²) in [7, 11) is 1.44. The third kappa shape index (κ3) is 3.45. The summed E-state index contributed by atoms with van der Waals surface area (Å²) in [5, 5.41) is 4.85. The van der Waals surface area contributed by atoms with E-state index in [1.54, 1.807) is 12.1 Å². The Hall–Kier alpha value is -2.25. The molecule has 1 aliphatic heterocycles. The molecule has 2 N–H and O–H groups in total. The number of aromatic nitrogens is 1. The minimum absolute atomic E-state index is 0.0584. The molecule has 0 spiro atoms. The molecule has 2 amide bonds. The fourth-order valence-corrected chi connectivity index (χ4v) is 2.13. The van der Waals surface area contributed by atoms with Gasteiger partial charge in [-0.1, -0.05) is 0 Å². The number of amides is 2. The first-order valence-corrected chi connectivity index (χ1v) is 6.29. The molecule has 0 bridgehead atoms. The smallest absolute Gasteiger partial charge is 0.321 e. The summed E-state index contributed by atoms with van der Waals surface area (Å²) < 4.78 is 30.9. The zero-order valence-corrected chi connectivity index (χ0v) is 11.5. The summed E-state index contributed by atoms with van der Waals surface area (Å²) in [4.78, 5) is 26.8. The predicted molar refractivity (Wildman–Crippen MR) is 68.8 cm³/mol. The third-order valence-electron chi connectivity index (χ3n) is 3.17. The van der Waals surface area contributed by atoms with E-state index in [1.165, 1.54) is 13.3 Å². The molecule has 0 saturated carbocycles. The Morgan fingerprint density at radius 3 is 2.90 bits per heavy atom. The minimum Gasteiger partial charge on any atom is -0.481 e. The second-order valence-electron chi connectivity index (χ2n) is 4.85. The number of pyridine rings is 1. The van der Waals surface area contributed by atoms with Crippen LogP contribution in [-0.2, 0) is 9.59 Å². The van der Waals surface area contributed by atoms with Gasteiger partial charge in [-0.05, 0) is 11.6 Å². The first kappa shape index (κ1) is 15.1. The average Bonchev–Trinajstić information content (AvgIpc) is 2.78. The molecule has 2 atom stereocenters. The van der Waals surface area contributed by atoms with Crippen LogP contribution in [-0.4, -0.2) is 35.9 Å². The highest BCUT2D eigenvalue weighted by Gasteiger charge is 2.40. The second-order valence-corrected chi connectivity index (χ2v) is 4.85. The molecule has 2 rings (SSSR count). The Kier molecular flexibility index (Phi) is 4.06. The molecule has 1 aliphatic rings. The molecule has 8 heteroatoms. The number of methoxy groups -OCH3 is 1. The van der Waals surface area contributed by atoms with Crippen molar-refractivity contribution in [3.8, 4) is 5.88 Å². The van der Waals surface area contributed by atoms with Crippen molar-refractivity contribution in [3.05, 3.63) is 23.9 Å². The SMILES string of the molecule is COc1cc(C2NC(=O)CC2NC(=O)C(C)(F)F)ccn1. The molecule has 0 aliphatic carbocycles. The lowest BCUT2D eigenvalue weighted by Gasteiger charge is -2.22. The maximum atomic E-state index is 13.0. The van der Waals surface area contributed by atoms with Crippen LogP contribution in [0.1, 0.15) is 24.9 Å². The van der Waals surface area contributed by atoms with Gasteiger partial charge in [0.15, 0.2) is 0 Å². The van der Waals surface area contributed by atoms with Crippen molar-refractivity contribution >= 4 is 11.8 Å². The number of ether oxygens (including phenoxy) is 1. The van der Waals surface area contributed by atoms with Crippen molar-refractivity contribution in [1.29, 1.82) is 0 Å². The Balaban J connectivity index is 2.20. The quantitative estimate of drug-likeness (QED) is 0.861. The molecule has 6 nitrogen and oxygen atoms in total. The van der Waals surface area contributed by atoms with Crippen molar-refractivity contribution in [2.24, 2.45) is 0 Å². The highest BCUT2D eigenvalue weighted by Crippen LogP contribution is 2.27. The number of carbonyl (C=O) groups excluding carboxylic acids is 2. The van der Waals surface area contributed by atoms with E-state index in [0.29, 0.717) is 18.4 Å². The third-order valence-corrected chi connectivity index (χ3v) is 3.17. The van der Waals surface area contributed by atoms with Gasteiger partial charge in [-0.25, -0.2) is 4.98 Å². The number of carbonyl (C=O) groups is 2. The predicted octanol–water partition coefficient (Wildman–Crippen LogP) is 0.791. The van der Waals surface area contributed by atoms with Crippen LogP contribution in [0.25, 0.3) is 0 Å². The molecule has 2 unspecified atom stereocenters. The van der Waals surface area contributed by atoms with Gasteiger partial charge in [0.05, 0.1) is 19.2 Å². The van der Waals surface area contributed by atoms with Crippen LogP contribution in [0.5, 0.6) is 5.88 Å². The first-order chi connectivity index (χ1) is 9.81. The first-order valence-electron chi connectivity index (χ1n) is 6.29. The summed E-state index contributed by atoms with van der Waals surface area (Å²) in [6, 6.07) is 1.87. The van der Waals surface area contributed by atoms with Crippen LogP contribution >= 0.6 is 0 Å². The van der Waals surface area contributed by atoms with Gasteiger partial charge in [0.25, 0.3) is 5.91 Å². The maximum Gasteiger partial charge on any atom is 0.321 e. The van der Waals surface area contributed by atoms with Crippen LogP contribution < -0.4 is 15.4 Å². The average molecular weight is 299 g/mol. The molecule has 1 saturated heterocycles. The Morgan fingerprint density at radius 1 is 1.57 bits per heavy atom. The molecule has 21 heavy (non-hydrogen) atoms. The van der Waals surface area contributed by atoms with E-state index >= 15 is 0 Å². The van der Waals surface area contributed by atoms with Crippen molar-refractivity contribution in [1.82, 2.24) is 15.6 Å². The molecule has 1 aromatic heterocycles. The van der Waals surface area contributed by atoms with Gasteiger partial charge in [-0.15, -0.1) is 0 Å². The van der Waals surface area contributed by atoms with Gasteiger partial charge in [0.2, 0.25) is 11.8 Å². The summed E-state index contributed by atoms with van der Waals surface area (Å²) in [5.41, 5.74) is 0.623. The van der Waals surface area contributed by atoms with E-state index in [-0.39, 0.29) is 12.3 Å². The molecule has 1 aromatic rings. The van der Waals surface area contributed by atoms with Gasteiger partial charge in [-0.3, -0.25) is 9.59 Å². The largest absolute Gasteiger partial charge is 0.481 e. The zero-order valence-electron chi connectivity index (χ0n) is 11.5. The number of hydrogen-bond acceptors (Lipinski definition) is 4. The van der Waals surface area contributed by atoms with Gasteiger partial charge < -0.3 is 15.4 Å². The number of alkyl halides is 2. The summed E-state index contributed by atoms with van der Waals surface area (Å²) in [6.07, 6.45) is 1.42. The molecule has 0 radical (unpaired) electrons. The Morgan fingerprint density at radius 2 is 2.29 bits per heavy atom. The van der Waals surface area contributed by atoms with E-state index in [0.717, 1.165) is 0 Å². The van der Waals surface area contributed by atoms with Gasteiger partial charge >= 0.3 is 5.92 Å². The lowest BCUT2D eigenvalue weighted by Crippen LogP contribution is -2.45. The Labute approximate surface area is 119 Å². The molecule has 0 aromatic carbocycles. The summed E-state index contributed by atoms with van der Waals surface area (Å²) >= 11 is 0. The molecule has 1 fully saturated rings. The zero-order chi connectivity index (χ0) is 15.6. The molecule has 2 heterocycles. The lowest BCUT2D eigenvalue weighted by atomic mass is 10.0. The topological polar surface area (TPSA) is 80.3 Å². The molecular weight excluding hydrogens is 284 g/mol. The van der Waals surface area contributed by atoms with Crippen LogP contribution in [0, 0.1) is 0 Å². The van der Waals surface area contributed by atoms with Crippen LogP contribution in [0.3, 0.4) is 0 Å². The highest BCUT2D eigenvalue weighted by molar-refractivity contribution is 5.86. The van der Waals surface area contributed by atoms with Crippen LogP contribution in [0.4, 0.5) is 8.78 Å².